The van der Waals surface area contributed by atoms with Crippen LogP contribution in [0.1, 0.15) is 51.4 Å². The Bertz CT molecular complexity index is 566. The fraction of sp³-hybridized carbons (Fsp3) is 0.833. The molecule has 174 valence electrons. The second-order valence-electron chi connectivity index (χ2n) is 7.22. The van der Waals surface area contributed by atoms with E-state index >= 15 is 0 Å². The molecule has 3 atom stereocenters. The number of fused-ring (bicyclic) bond motifs is 1. The highest BCUT2D eigenvalue weighted by molar-refractivity contribution is 8.00. The van der Waals surface area contributed by atoms with E-state index in [1.165, 1.54) is 0 Å². The molecular formula is C18H31F3N4O4S. The van der Waals surface area contributed by atoms with Gasteiger partial charge in [0.05, 0.1) is 12.1 Å². The SMILES string of the molecule is NCCCCCCNC(=O)CCCC[C@@H]1SC[C@@H]2NC(=O)N[C@@H]21.O=C(O)C(F)(F)F. The summed E-state index contributed by atoms with van der Waals surface area (Å²) in [5.41, 5.74) is 5.44. The Hall–Kier alpha value is -1.69. The topological polar surface area (TPSA) is 134 Å². The molecule has 3 amide bonds. The highest BCUT2D eigenvalue weighted by Gasteiger charge is 2.42. The van der Waals surface area contributed by atoms with E-state index in [2.05, 4.69) is 16.0 Å². The molecule has 0 aromatic heterocycles. The molecule has 30 heavy (non-hydrogen) atoms. The van der Waals surface area contributed by atoms with Gasteiger partial charge in [0.1, 0.15) is 0 Å². The van der Waals surface area contributed by atoms with Crippen molar-refractivity contribution < 1.29 is 32.7 Å². The molecule has 2 aliphatic rings. The number of thioether (sulfide) groups is 1. The number of nitrogens with one attached hydrogen (secondary N) is 3. The van der Waals surface area contributed by atoms with Crippen molar-refractivity contribution in [1.82, 2.24) is 16.0 Å². The molecule has 0 spiro atoms. The number of hydrogen-bond donors (Lipinski definition) is 5. The number of urea groups is 1. The van der Waals surface area contributed by atoms with Crippen LogP contribution in [0.5, 0.6) is 0 Å². The predicted octanol–water partition coefficient (Wildman–Crippen LogP) is 1.98. The Kier molecular flexibility index (Phi) is 11.9. The van der Waals surface area contributed by atoms with E-state index in [4.69, 9.17) is 15.6 Å². The van der Waals surface area contributed by atoms with Crippen LogP contribution >= 0.6 is 11.8 Å². The minimum Gasteiger partial charge on any atom is -0.475 e. The van der Waals surface area contributed by atoms with Crippen LogP contribution in [0.2, 0.25) is 0 Å². The lowest BCUT2D eigenvalue weighted by Crippen LogP contribution is -2.36. The first-order chi connectivity index (χ1) is 14.1. The Balaban J connectivity index is 0.000000553. The maximum atomic E-state index is 11.8. The third-order valence-corrected chi connectivity index (χ3v) is 6.28. The van der Waals surface area contributed by atoms with E-state index < -0.39 is 12.1 Å². The monoisotopic (exact) mass is 456 g/mol. The molecule has 0 bridgehead atoms. The van der Waals surface area contributed by atoms with Crippen LogP contribution in [0.25, 0.3) is 0 Å². The second-order valence-corrected chi connectivity index (χ2v) is 8.50. The van der Waals surface area contributed by atoms with Gasteiger partial charge in [-0.3, -0.25) is 4.79 Å². The van der Waals surface area contributed by atoms with Crippen LogP contribution in [-0.4, -0.2) is 65.4 Å². The van der Waals surface area contributed by atoms with Gasteiger partial charge in [0.2, 0.25) is 5.91 Å². The minimum absolute atomic E-state index is 0.0314. The van der Waals surface area contributed by atoms with Crippen LogP contribution in [0, 0.1) is 0 Å². The summed E-state index contributed by atoms with van der Waals surface area (Å²) in [6.45, 7) is 1.54. The number of carbonyl (C=O) groups excluding carboxylic acids is 2. The average molecular weight is 457 g/mol. The molecule has 0 unspecified atom stereocenters. The first-order valence-corrected chi connectivity index (χ1v) is 11.2. The van der Waals surface area contributed by atoms with E-state index in [1.54, 1.807) is 0 Å². The minimum atomic E-state index is -5.08. The Labute approximate surface area is 178 Å². The first kappa shape index (κ1) is 26.3. The third kappa shape index (κ3) is 10.4. The van der Waals surface area contributed by atoms with Gasteiger partial charge in [-0.05, 0) is 32.2 Å². The van der Waals surface area contributed by atoms with E-state index in [0.717, 1.165) is 63.8 Å². The van der Waals surface area contributed by atoms with Crippen LogP contribution in [-0.2, 0) is 9.59 Å². The standard InChI is InChI=1S/C16H30N4O2S.C2HF3O2/c17-9-5-1-2-6-10-18-14(21)8-4-3-7-13-15-12(11-23-13)19-16(22)20-15;3-2(4,5)1(6)7/h12-13,15H,1-11,17H2,(H,18,21)(H2,19,20,22);(H,6,7)/t12-,13-,15-;/m0./s1. The molecule has 0 aliphatic carbocycles. The van der Waals surface area contributed by atoms with Crippen molar-refractivity contribution in [1.29, 1.82) is 0 Å². The fourth-order valence-corrected chi connectivity index (χ4v) is 4.76. The highest BCUT2D eigenvalue weighted by Crippen LogP contribution is 2.33. The summed E-state index contributed by atoms with van der Waals surface area (Å²) >= 11 is 1.93. The van der Waals surface area contributed by atoms with Crippen molar-refractivity contribution >= 4 is 29.7 Å². The quantitative estimate of drug-likeness (QED) is 0.238. The van der Waals surface area contributed by atoms with Gasteiger partial charge in [-0.2, -0.15) is 24.9 Å². The number of rotatable bonds is 11. The molecule has 12 heteroatoms. The first-order valence-electron chi connectivity index (χ1n) is 10.1. The highest BCUT2D eigenvalue weighted by atomic mass is 32.2. The van der Waals surface area contributed by atoms with Gasteiger partial charge < -0.3 is 26.8 Å². The van der Waals surface area contributed by atoms with E-state index in [-0.39, 0.29) is 18.0 Å². The lowest BCUT2D eigenvalue weighted by Gasteiger charge is -2.16. The smallest absolute Gasteiger partial charge is 0.475 e. The largest absolute Gasteiger partial charge is 0.490 e. The number of hydrogen-bond acceptors (Lipinski definition) is 5. The number of nitrogens with two attached hydrogens (primary N) is 1. The van der Waals surface area contributed by atoms with Crippen LogP contribution in [0.3, 0.4) is 0 Å². The van der Waals surface area contributed by atoms with Crippen molar-refractivity contribution in [2.75, 3.05) is 18.8 Å². The summed E-state index contributed by atoms with van der Waals surface area (Å²) < 4.78 is 31.7. The summed E-state index contributed by atoms with van der Waals surface area (Å²) in [5.74, 6) is -1.59. The maximum absolute atomic E-state index is 11.8. The molecule has 0 aromatic carbocycles. The number of aliphatic carboxylic acids is 1. The zero-order valence-corrected chi connectivity index (χ0v) is 17.6. The van der Waals surface area contributed by atoms with E-state index in [9.17, 15) is 22.8 Å². The molecule has 0 radical (unpaired) electrons. The summed E-state index contributed by atoms with van der Waals surface area (Å²) in [5, 5.41) is 16.6. The van der Waals surface area contributed by atoms with Gasteiger partial charge in [-0.15, -0.1) is 0 Å². The van der Waals surface area contributed by atoms with Gasteiger partial charge in [0.25, 0.3) is 0 Å². The lowest BCUT2D eigenvalue weighted by molar-refractivity contribution is -0.192. The Morgan fingerprint density at radius 3 is 2.43 bits per heavy atom. The molecule has 2 saturated heterocycles. The summed E-state index contributed by atoms with van der Waals surface area (Å²) in [7, 11) is 0. The van der Waals surface area contributed by atoms with Crippen molar-refractivity contribution in [2.45, 2.75) is 74.9 Å². The summed E-state index contributed by atoms with van der Waals surface area (Å²) in [6, 6.07) is 0.533. The summed E-state index contributed by atoms with van der Waals surface area (Å²) in [4.78, 5) is 32.0. The molecule has 6 N–H and O–H groups in total. The van der Waals surface area contributed by atoms with E-state index in [1.807, 2.05) is 11.8 Å². The number of carboxylic acid groups (broad SMARTS) is 1. The number of carboxylic acids is 1. The van der Waals surface area contributed by atoms with Crippen molar-refractivity contribution in [3.05, 3.63) is 0 Å². The van der Waals surface area contributed by atoms with Gasteiger partial charge in [0, 0.05) is 24.0 Å². The van der Waals surface area contributed by atoms with Gasteiger partial charge >= 0.3 is 18.2 Å². The van der Waals surface area contributed by atoms with Crippen molar-refractivity contribution in [3.8, 4) is 0 Å². The van der Waals surface area contributed by atoms with Gasteiger partial charge in [-0.1, -0.05) is 19.3 Å². The van der Waals surface area contributed by atoms with E-state index in [0.29, 0.717) is 17.7 Å². The molecule has 0 saturated carbocycles. The summed E-state index contributed by atoms with van der Waals surface area (Å²) in [6.07, 6.45) is 2.97. The van der Waals surface area contributed by atoms with Crippen LogP contribution < -0.4 is 21.7 Å². The molecule has 2 fully saturated rings. The number of amides is 3. The Morgan fingerprint density at radius 2 is 1.80 bits per heavy atom. The third-order valence-electron chi connectivity index (χ3n) is 4.78. The lowest BCUT2D eigenvalue weighted by atomic mass is 10.0. The van der Waals surface area contributed by atoms with Crippen molar-refractivity contribution in [2.24, 2.45) is 5.73 Å². The molecular weight excluding hydrogens is 425 g/mol. The maximum Gasteiger partial charge on any atom is 0.490 e. The normalized spacial score (nSPS) is 22.4. The molecule has 8 nitrogen and oxygen atoms in total. The van der Waals surface area contributed by atoms with Crippen LogP contribution in [0.4, 0.5) is 18.0 Å². The zero-order chi connectivity index (χ0) is 22.6. The molecule has 0 aromatic rings. The fourth-order valence-electron chi connectivity index (χ4n) is 3.21. The number of halogens is 3. The number of carbonyl (C=O) groups is 3. The molecule has 2 aliphatic heterocycles. The van der Waals surface area contributed by atoms with Crippen LogP contribution in [0.15, 0.2) is 0 Å². The van der Waals surface area contributed by atoms with Gasteiger partial charge in [-0.25, -0.2) is 9.59 Å². The van der Waals surface area contributed by atoms with Crippen molar-refractivity contribution in [3.63, 3.8) is 0 Å². The number of alkyl halides is 3. The number of unbranched alkanes of at least 4 members (excludes halogenated alkanes) is 4. The predicted molar refractivity (Wildman–Crippen MR) is 108 cm³/mol. The molecule has 2 heterocycles. The van der Waals surface area contributed by atoms with Gasteiger partial charge in [0.15, 0.2) is 0 Å². The Morgan fingerprint density at radius 1 is 1.13 bits per heavy atom. The zero-order valence-electron chi connectivity index (χ0n) is 16.8. The average Bonchev–Trinajstić information content (AvgIpc) is 3.21. The molecule has 2 rings (SSSR count). The second kappa shape index (κ2) is 13.6.